The van der Waals surface area contributed by atoms with E-state index in [-0.39, 0.29) is 5.56 Å². The van der Waals surface area contributed by atoms with Crippen LogP contribution in [0.25, 0.3) is 0 Å². The molecule has 4 nitrogen and oxygen atoms in total. The molecule has 1 heterocycles. The second kappa shape index (κ2) is 7.04. The van der Waals surface area contributed by atoms with Crippen LogP contribution in [0, 0.1) is 0 Å². The number of nitrogens with one attached hydrogen (secondary N) is 1. The normalized spacial score (nSPS) is 10.2. The van der Waals surface area contributed by atoms with Crippen LogP contribution in [-0.4, -0.2) is 16.8 Å². The summed E-state index contributed by atoms with van der Waals surface area (Å²) in [5, 5.41) is 5.95. The van der Waals surface area contributed by atoms with E-state index >= 15 is 0 Å². The lowest BCUT2D eigenvalue weighted by Gasteiger charge is -2.04. The van der Waals surface area contributed by atoms with Crippen molar-refractivity contribution in [2.45, 2.75) is 39.0 Å². The molecule has 0 aliphatic carbocycles. The molecule has 0 fully saturated rings. The lowest BCUT2D eigenvalue weighted by molar-refractivity contribution is 0.302. The number of unbranched alkanes of at least 4 members (excludes halogenated alkanes) is 4. The van der Waals surface area contributed by atoms with Crippen LogP contribution >= 0.6 is 0 Å². The van der Waals surface area contributed by atoms with Crippen LogP contribution in [0.4, 0.5) is 0 Å². The first kappa shape index (κ1) is 11.8. The van der Waals surface area contributed by atoms with Crippen LogP contribution in [0.5, 0.6) is 5.75 Å². The van der Waals surface area contributed by atoms with Gasteiger partial charge < -0.3 is 4.74 Å². The van der Waals surface area contributed by atoms with Crippen LogP contribution in [0.15, 0.2) is 17.1 Å². The molecule has 0 unspecified atom stereocenters. The number of H-pyrrole nitrogens is 1. The number of hydrogen-bond donors (Lipinski definition) is 1. The van der Waals surface area contributed by atoms with Gasteiger partial charge in [0.2, 0.25) is 0 Å². The number of aromatic nitrogens is 2. The third kappa shape index (κ3) is 5.20. The van der Waals surface area contributed by atoms with E-state index in [2.05, 4.69) is 17.1 Å². The topological polar surface area (TPSA) is 55.0 Å². The van der Waals surface area contributed by atoms with Gasteiger partial charge in [-0.25, -0.2) is 5.10 Å². The van der Waals surface area contributed by atoms with Crippen molar-refractivity contribution in [3.63, 3.8) is 0 Å². The zero-order valence-corrected chi connectivity index (χ0v) is 9.16. The van der Waals surface area contributed by atoms with Crippen molar-refractivity contribution in [1.82, 2.24) is 10.2 Å². The van der Waals surface area contributed by atoms with Gasteiger partial charge in [-0.05, 0) is 6.42 Å². The highest BCUT2D eigenvalue weighted by Gasteiger charge is 1.95. The third-order valence-corrected chi connectivity index (χ3v) is 2.16. The first-order chi connectivity index (χ1) is 7.33. The molecular weight excluding hydrogens is 192 g/mol. The molecule has 0 saturated carbocycles. The molecule has 0 radical (unpaired) electrons. The molecule has 1 N–H and O–H groups in total. The molecule has 1 aromatic rings. The molecule has 15 heavy (non-hydrogen) atoms. The smallest absolute Gasteiger partial charge is 0.267 e. The van der Waals surface area contributed by atoms with E-state index < -0.39 is 0 Å². The Balaban J connectivity index is 2.12. The molecule has 1 aromatic heterocycles. The summed E-state index contributed by atoms with van der Waals surface area (Å²) in [7, 11) is 0. The van der Waals surface area contributed by atoms with E-state index in [4.69, 9.17) is 4.74 Å². The summed E-state index contributed by atoms with van der Waals surface area (Å²) in [5.74, 6) is 0.550. The predicted octanol–water partition coefficient (Wildman–Crippen LogP) is 2.12. The fourth-order valence-electron chi connectivity index (χ4n) is 1.33. The Hall–Kier alpha value is -1.32. The van der Waals surface area contributed by atoms with Gasteiger partial charge in [-0.3, -0.25) is 4.79 Å². The molecule has 0 aliphatic heterocycles. The van der Waals surface area contributed by atoms with Crippen LogP contribution in [-0.2, 0) is 0 Å². The zero-order chi connectivity index (χ0) is 10.9. The highest BCUT2D eigenvalue weighted by atomic mass is 16.5. The van der Waals surface area contributed by atoms with E-state index in [0.29, 0.717) is 12.4 Å². The van der Waals surface area contributed by atoms with Crippen molar-refractivity contribution in [1.29, 1.82) is 0 Å². The van der Waals surface area contributed by atoms with Gasteiger partial charge in [0.1, 0.15) is 5.75 Å². The van der Waals surface area contributed by atoms with Crippen LogP contribution in [0.1, 0.15) is 39.0 Å². The fourth-order valence-corrected chi connectivity index (χ4v) is 1.33. The molecule has 0 aliphatic rings. The monoisotopic (exact) mass is 210 g/mol. The van der Waals surface area contributed by atoms with Crippen molar-refractivity contribution in [2.24, 2.45) is 0 Å². The Bertz CT molecular complexity index is 322. The Kier molecular flexibility index (Phi) is 5.51. The Morgan fingerprint density at radius 2 is 2.13 bits per heavy atom. The minimum atomic E-state index is -0.224. The first-order valence-corrected chi connectivity index (χ1v) is 5.50. The van der Waals surface area contributed by atoms with Crippen molar-refractivity contribution in [2.75, 3.05) is 6.61 Å². The average Bonchev–Trinajstić information content (AvgIpc) is 2.23. The second-order valence-corrected chi connectivity index (χ2v) is 3.54. The highest BCUT2D eigenvalue weighted by Crippen LogP contribution is 2.06. The summed E-state index contributed by atoms with van der Waals surface area (Å²) in [6, 6.07) is 1.42. The summed E-state index contributed by atoms with van der Waals surface area (Å²) >= 11 is 0. The minimum Gasteiger partial charge on any atom is -0.492 e. The third-order valence-electron chi connectivity index (χ3n) is 2.16. The summed E-state index contributed by atoms with van der Waals surface area (Å²) < 4.78 is 5.38. The Morgan fingerprint density at radius 3 is 2.87 bits per heavy atom. The SMILES string of the molecule is CCCCCCCOc1cn[nH]c(=O)c1. The molecule has 0 aromatic carbocycles. The summed E-state index contributed by atoms with van der Waals surface area (Å²) in [4.78, 5) is 10.9. The van der Waals surface area contributed by atoms with E-state index in [0.717, 1.165) is 6.42 Å². The van der Waals surface area contributed by atoms with Crippen molar-refractivity contribution in [3.05, 3.63) is 22.6 Å². The predicted molar refractivity (Wildman–Crippen MR) is 59.1 cm³/mol. The van der Waals surface area contributed by atoms with Gasteiger partial charge in [-0.2, -0.15) is 5.10 Å². The van der Waals surface area contributed by atoms with Crippen molar-refractivity contribution >= 4 is 0 Å². The lowest BCUT2D eigenvalue weighted by atomic mass is 10.2. The molecule has 84 valence electrons. The molecule has 0 saturated heterocycles. The standard InChI is InChI=1S/C11H18N2O2/c1-2-3-4-5-6-7-15-10-8-11(14)13-12-9-10/h8-9H,2-7H2,1H3,(H,13,14). The van der Waals surface area contributed by atoms with Gasteiger partial charge in [0, 0.05) is 6.07 Å². The van der Waals surface area contributed by atoms with Gasteiger partial charge in [-0.15, -0.1) is 0 Å². The molecule has 0 spiro atoms. The van der Waals surface area contributed by atoms with Crippen LogP contribution < -0.4 is 10.3 Å². The Morgan fingerprint density at radius 1 is 1.33 bits per heavy atom. The largest absolute Gasteiger partial charge is 0.492 e. The molecular formula is C11H18N2O2. The van der Waals surface area contributed by atoms with Gasteiger partial charge in [0.05, 0.1) is 12.8 Å². The maximum absolute atomic E-state index is 10.9. The van der Waals surface area contributed by atoms with Crippen LogP contribution in [0.3, 0.4) is 0 Å². The number of nitrogens with zero attached hydrogens (tertiary/aromatic N) is 1. The summed E-state index contributed by atoms with van der Waals surface area (Å²) in [6.45, 7) is 2.85. The summed E-state index contributed by atoms with van der Waals surface area (Å²) in [6.07, 6.45) is 7.53. The average molecular weight is 210 g/mol. The number of ether oxygens (including phenoxy) is 1. The van der Waals surface area contributed by atoms with Crippen molar-refractivity contribution < 1.29 is 4.74 Å². The molecule has 1 rings (SSSR count). The minimum absolute atomic E-state index is 0.224. The molecule has 0 bridgehead atoms. The lowest BCUT2D eigenvalue weighted by Crippen LogP contribution is -2.07. The number of rotatable bonds is 7. The maximum atomic E-state index is 10.9. The summed E-state index contributed by atoms with van der Waals surface area (Å²) in [5.41, 5.74) is -0.224. The van der Waals surface area contributed by atoms with Crippen molar-refractivity contribution in [3.8, 4) is 5.75 Å². The van der Waals surface area contributed by atoms with Crippen LogP contribution in [0.2, 0.25) is 0 Å². The van der Waals surface area contributed by atoms with Gasteiger partial charge in [0.25, 0.3) is 5.56 Å². The molecule has 0 atom stereocenters. The number of aromatic amines is 1. The van der Waals surface area contributed by atoms with E-state index in [1.54, 1.807) is 0 Å². The van der Waals surface area contributed by atoms with E-state index in [1.807, 2.05) is 0 Å². The van der Waals surface area contributed by atoms with Gasteiger partial charge >= 0.3 is 0 Å². The fraction of sp³-hybridized carbons (Fsp3) is 0.636. The quantitative estimate of drug-likeness (QED) is 0.701. The molecule has 0 amide bonds. The van der Waals surface area contributed by atoms with E-state index in [1.165, 1.54) is 37.9 Å². The number of hydrogen-bond acceptors (Lipinski definition) is 3. The first-order valence-electron chi connectivity index (χ1n) is 5.50. The second-order valence-electron chi connectivity index (χ2n) is 3.54. The van der Waals surface area contributed by atoms with E-state index in [9.17, 15) is 4.79 Å². The zero-order valence-electron chi connectivity index (χ0n) is 9.16. The molecule has 4 heteroatoms. The Labute approximate surface area is 89.7 Å². The van der Waals surface area contributed by atoms with Gasteiger partial charge in [-0.1, -0.05) is 32.6 Å². The maximum Gasteiger partial charge on any atom is 0.267 e. The van der Waals surface area contributed by atoms with Gasteiger partial charge in [0.15, 0.2) is 0 Å². The highest BCUT2D eigenvalue weighted by molar-refractivity contribution is 5.12.